The molecule has 1 aromatic carbocycles. The maximum absolute atomic E-state index is 13.9. The molecule has 2 N–H and O–H groups in total. The first-order valence-corrected chi connectivity index (χ1v) is 6.58. The van der Waals surface area contributed by atoms with Crippen LogP contribution < -0.4 is 5.32 Å². The molecule has 1 fully saturated rings. The Morgan fingerprint density at radius 3 is 2.76 bits per heavy atom. The van der Waals surface area contributed by atoms with Gasteiger partial charge in [-0.05, 0) is 23.6 Å². The van der Waals surface area contributed by atoms with Gasteiger partial charge in [-0.3, -0.25) is 19.7 Å². The number of aliphatic hydroxyl groups is 1. The average molecular weight is 292 g/mol. The number of hydrogen-bond acceptors (Lipinski definition) is 4. The Morgan fingerprint density at radius 2 is 2.10 bits per heavy atom. The second-order valence-corrected chi connectivity index (χ2v) is 5.12. The van der Waals surface area contributed by atoms with E-state index in [9.17, 15) is 23.9 Å². The van der Waals surface area contributed by atoms with Crippen molar-refractivity contribution in [3.8, 4) is 0 Å². The summed E-state index contributed by atoms with van der Waals surface area (Å²) in [7, 11) is 0. The van der Waals surface area contributed by atoms with Gasteiger partial charge in [-0.2, -0.15) is 0 Å². The Labute approximate surface area is 119 Å². The van der Waals surface area contributed by atoms with Gasteiger partial charge in [-0.15, -0.1) is 0 Å². The predicted molar refractivity (Wildman–Crippen MR) is 68.4 cm³/mol. The van der Waals surface area contributed by atoms with E-state index < -0.39 is 23.7 Å². The molecule has 3 rings (SSSR count). The molecular formula is C14H13FN2O4. The molecule has 0 aliphatic carbocycles. The van der Waals surface area contributed by atoms with Gasteiger partial charge in [-0.25, -0.2) is 4.39 Å². The summed E-state index contributed by atoms with van der Waals surface area (Å²) in [6.07, 6.45) is 0.367. The molecule has 7 heteroatoms. The highest BCUT2D eigenvalue weighted by molar-refractivity contribution is 6.05. The topological polar surface area (TPSA) is 86.7 Å². The predicted octanol–water partition coefficient (Wildman–Crippen LogP) is 0.0790. The Hall–Kier alpha value is -2.28. The van der Waals surface area contributed by atoms with Crippen molar-refractivity contribution in [2.75, 3.05) is 0 Å². The third-order valence-electron chi connectivity index (χ3n) is 3.92. The zero-order valence-corrected chi connectivity index (χ0v) is 11.1. The highest BCUT2D eigenvalue weighted by Crippen LogP contribution is 2.31. The first-order chi connectivity index (χ1) is 10.0. The van der Waals surface area contributed by atoms with Gasteiger partial charge in [0.1, 0.15) is 11.9 Å². The molecule has 0 radical (unpaired) electrons. The number of carbonyl (C=O) groups is 3. The molecule has 6 nitrogen and oxygen atoms in total. The van der Waals surface area contributed by atoms with E-state index in [0.29, 0.717) is 11.1 Å². The molecule has 2 aliphatic heterocycles. The number of benzene rings is 1. The Balaban J connectivity index is 1.95. The molecule has 1 atom stereocenters. The molecule has 2 aliphatic rings. The summed E-state index contributed by atoms with van der Waals surface area (Å²) in [4.78, 5) is 36.6. The first-order valence-electron chi connectivity index (χ1n) is 6.58. The third-order valence-corrected chi connectivity index (χ3v) is 3.92. The molecule has 1 aromatic rings. The average Bonchev–Trinajstić information content (AvgIpc) is 2.78. The molecule has 0 spiro atoms. The first kappa shape index (κ1) is 13.7. The fourth-order valence-corrected chi connectivity index (χ4v) is 2.84. The smallest absolute Gasteiger partial charge is 0.258 e. The van der Waals surface area contributed by atoms with Gasteiger partial charge in [0.25, 0.3) is 5.91 Å². The summed E-state index contributed by atoms with van der Waals surface area (Å²) in [5, 5.41) is 11.5. The van der Waals surface area contributed by atoms with E-state index in [0.717, 1.165) is 6.07 Å². The van der Waals surface area contributed by atoms with Crippen LogP contribution in [0.3, 0.4) is 0 Å². The maximum atomic E-state index is 13.9. The van der Waals surface area contributed by atoms with Crippen LogP contribution in [-0.2, 0) is 22.7 Å². The van der Waals surface area contributed by atoms with Crippen molar-refractivity contribution in [2.45, 2.75) is 32.0 Å². The summed E-state index contributed by atoms with van der Waals surface area (Å²) in [5.74, 6) is -2.16. The van der Waals surface area contributed by atoms with Gasteiger partial charge in [0.2, 0.25) is 11.8 Å². The van der Waals surface area contributed by atoms with Gasteiger partial charge in [0.05, 0.1) is 12.2 Å². The van der Waals surface area contributed by atoms with Crippen LogP contribution in [0.25, 0.3) is 0 Å². The van der Waals surface area contributed by atoms with Crippen LogP contribution in [0.15, 0.2) is 12.1 Å². The van der Waals surface area contributed by atoms with Crippen molar-refractivity contribution >= 4 is 17.7 Å². The minimum Gasteiger partial charge on any atom is -0.392 e. The summed E-state index contributed by atoms with van der Waals surface area (Å²) < 4.78 is 13.9. The summed E-state index contributed by atoms with van der Waals surface area (Å²) in [5.41, 5.74) is 0.785. The number of fused-ring (bicyclic) bond motifs is 1. The molecule has 0 bridgehead atoms. The lowest BCUT2D eigenvalue weighted by atomic mass is 10.0. The summed E-state index contributed by atoms with van der Waals surface area (Å²) >= 11 is 0. The fourth-order valence-electron chi connectivity index (χ4n) is 2.84. The largest absolute Gasteiger partial charge is 0.392 e. The number of nitrogens with one attached hydrogen (secondary N) is 1. The highest BCUT2D eigenvalue weighted by atomic mass is 19.1. The van der Waals surface area contributed by atoms with Gasteiger partial charge in [0.15, 0.2) is 0 Å². The molecule has 21 heavy (non-hydrogen) atoms. The second kappa shape index (κ2) is 4.92. The standard InChI is InChI=1S/C14H13FN2O4/c15-9-2-1-7(6-18)8-5-17(14(21)12(8)9)10-3-4-11(19)16-13(10)20/h1-2,10,18H,3-6H2,(H,16,19,20). The number of halogens is 1. The number of nitrogens with zero attached hydrogens (tertiary/aromatic N) is 1. The zero-order valence-electron chi connectivity index (χ0n) is 11.1. The molecule has 110 valence electrons. The van der Waals surface area contributed by atoms with Crippen LogP contribution in [0.5, 0.6) is 0 Å². The van der Waals surface area contributed by atoms with Crippen LogP contribution in [0.1, 0.15) is 34.3 Å². The van der Waals surface area contributed by atoms with Crippen molar-refractivity contribution < 1.29 is 23.9 Å². The minimum atomic E-state index is -0.784. The number of carbonyl (C=O) groups excluding carboxylic acids is 3. The van der Waals surface area contributed by atoms with Crippen LogP contribution >= 0.6 is 0 Å². The molecule has 3 amide bonds. The van der Waals surface area contributed by atoms with Crippen LogP contribution in [0, 0.1) is 5.82 Å². The van der Waals surface area contributed by atoms with Crippen molar-refractivity contribution in [2.24, 2.45) is 0 Å². The monoisotopic (exact) mass is 292 g/mol. The van der Waals surface area contributed by atoms with Gasteiger partial charge < -0.3 is 10.0 Å². The SMILES string of the molecule is O=C1CCC(N2Cc3c(CO)ccc(F)c3C2=O)C(=O)N1. The molecular weight excluding hydrogens is 279 g/mol. The summed E-state index contributed by atoms with van der Waals surface area (Å²) in [6, 6.07) is 1.78. The highest BCUT2D eigenvalue weighted by Gasteiger charge is 2.41. The maximum Gasteiger partial charge on any atom is 0.258 e. The van der Waals surface area contributed by atoms with Crippen LogP contribution in [0.2, 0.25) is 0 Å². The second-order valence-electron chi connectivity index (χ2n) is 5.12. The lowest BCUT2D eigenvalue weighted by Crippen LogP contribution is -2.52. The minimum absolute atomic E-state index is 0.0636. The lowest BCUT2D eigenvalue weighted by molar-refractivity contribution is -0.136. The molecule has 1 saturated heterocycles. The number of amides is 3. The molecule has 0 saturated carbocycles. The number of aliphatic hydroxyl groups excluding tert-OH is 1. The molecule has 0 aromatic heterocycles. The zero-order chi connectivity index (χ0) is 15.1. The normalized spacial score (nSPS) is 21.5. The van der Waals surface area contributed by atoms with E-state index in [4.69, 9.17) is 0 Å². The van der Waals surface area contributed by atoms with Crippen molar-refractivity contribution in [3.63, 3.8) is 0 Å². The van der Waals surface area contributed by atoms with Crippen LogP contribution in [0.4, 0.5) is 4.39 Å². The molecule has 2 heterocycles. The molecule has 1 unspecified atom stereocenters. The van der Waals surface area contributed by atoms with E-state index in [1.165, 1.54) is 11.0 Å². The quantitative estimate of drug-likeness (QED) is 0.756. The van der Waals surface area contributed by atoms with E-state index in [1.807, 2.05) is 0 Å². The number of rotatable bonds is 2. The number of imide groups is 1. The Morgan fingerprint density at radius 1 is 1.33 bits per heavy atom. The number of hydrogen-bond donors (Lipinski definition) is 2. The van der Waals surface area contributed by atoms with Gasteiger partial charge in [0, 0.05) is 13.0 Å². The Kier molecular flexibility index (Phi) is 3.21. The van der Waals surface area contributed by atoms with E-state index in [-0.39, 0.29) is 37.5 Å². The van der Waals surface area contributed by atoms with E-state index in [2.05, 4.69) is 5.32 Å². The lowest BCUT2D eigenvalue weighted by Gasteiger charge is -2.29. The van der Waals surface area contributed by atoms with Crippen molar-refractivity contribution in [3.05, 3.63) is 34.6 Å². The van der Waals surface area contributed by atoms with E-state index in [1.54, 1.807) is 0 Å². The van der Waals surface area contributed by atoms with E-state index >= 15 is 0 Å². The Bertz CT molecular complexity index is 659. The van der Waals surface area contributed by atoms with Crippen molar-refractivity contribution in [1.29, 1.82) is 0 Å². The van der Waals surface area contributed by atoms with Gasteiger partial charge >= 0.3 is 0 Å². The third kappa shape index (κ3) is 2.09. The van der Waals surface area contributed by atoms with Gasteiger partial charge in [-0.1, -0.05) is 6.07 Å². The summed E-state index contributed by atoms with van der Waals surface area (Å²) in [6.45, 7) is -0.243. The number of piperidine rings is 1. The van der Waals surface area contributed by atoms with Crippen LogP contribution in [-0.4, -0.2) is 33.8 Å². The van der Waals surface area contributed by atoms with Crippen molar-refractivity contribution in [1.82, 2.24) is 10.2 Å². The fraction of sp³-hybridized carbons (Fsp3) is 0.357.